The molecule has 1 aliphatic heterocycles. The molecule has 0 saturated carbocycles. The quantitative estimate of drug-likeness (QED) is 0.888. The Morgan fingerprint density at radius 2 is 2.22 bits per heavy atom. The molecule has 0 aromatic carbocycles. The lowest BCUT2D eigenvalue weighted by Crippen LogP contribution is -2.30. The van der Waals surface area contributed by atoms with E-state index in [2.05, 4.69) is 10.3 Å². The number of nitrogens with zero attached hydrogens (tertiary/aromatic N) is 2. The SMILES string of the molecule is CCNc1cccc(CN2CCCCCC2=O)n1. The predicted molar refractivity (Wildman–Crippen MR) is 72.3 cm³/mol. The van der Waals surface area contributed by atoms with Crippen LogP contribution in [-0.4, -0.2) is 28.9 Å². The normalized spacial score (nSPS) is 16.5. The lowest BCUT2D eigenvalue weighted by Gasteiger charge is -2.20. The first kappa shape index (κ1) is 12.9. The maximum atomic E-state index is 11.9. The molecule has 1 fully saturated rings. The van der Waals surface area contributed by atoms with Crippen LogP contribution in [0.25, 0.3) is 0 Å². The van der Waals surface area contributed by atoms with Gasteiger partial charge in [-0.25, -0.2) is 4.98 Å². The number of carbonyl (C=O) groups is 1. The monoisotopic (exact) mass is 247 g/mol. The van der Waals surface area contributed by atoms with Crippen molar-refractivity contribution in [1.29, 1.82) is 0 Å². The van der Waals surface area contributed by atoms with Crippen LogP contribution >= 0.6 is 0 Å². The zero-order chi connectivity index (χ0) is 12.8. The van der Waals surface area contributed by atoms with Gasteiger partial charge in [-0.05, 0) is 31.9 Å². The molecular weight excluding hydrogens is 226 g/mol. The van der Waals surface area contributed by atoms with Crippen molar-refractivity contribution in [1.82, 2.24) is 9.88 Å². The van der Waals surface area contributed by atoms with Crippen LogP contribution in [0.3, 0.4) is 0 Å². The fourth-order valence-electron chi connectivity index (χ4n) is 2.25. The van der Waals surface area contributed by atoms with Crippen LogP contribution in [-0.2, 0) is 11.3 Å². The Kier molecular flexibility index (Phi) is 4.56. The zero-order valence-electron chi connectivity index (χ0n) is 11.0. The number of rotatable bonds is 4. The highest BCUT2D eigenvalue weighted by molar-refractivity contribution is 5.76. The highest BCUT2D eigenvalue weighted by Crippen LogP contribution is 2.14. The van der Waals surface area contributed by atoms with Gasteiger partial charge in [0.1, 0.15) is 5.82 Å². The van der Waals surface area contributed by atoms with Crippen LogP contribution in [0.1, 0.15) is 38.3 Å². The third-order valence-electron chi connectivity index (χ3n) is 3.19. The number of carbonyl (C=O) groups excluding carboxylic acids is 1. The highest BCUT2D eigenvalue weighted by Gasteiger charge is 2.17. The highest BCUT2D eigenvalue weighted by atomic mass is 16.2. The van der Waals surface area contributed by atoms with E-state index in [4.69, 9.17) is 0 Å². The Bertz CT molecular complexity index is 406. The number of nitrogens with one attached hydrogen (secondary N) is 1. The van der Waals surface area contributed by atoms with E-state index in [-0.39, 0.29) is 5.91 Å². The molecule has 0 atom stereocenters. The number of hydrogen-bond acceptors (Lipinski definition) is 3. The molecule has 1 aliphatic rings. The van der Waals surface area contributed by atoms with Crippen molar-refractivity contribution in [3.05, 3.63) is 23.9 Å². The molecule has 1 N–H and O–H groups in total. The predicted octanol–water partition coefficient (Wildman–Crippen LogP) is 2.42. The summed E-state index contributed by atoms with van der Waals surface area (Å²) in [5.41, 5.74) is 0.962. The molecule has 1 amide bonds. The van der Waals surface area contributed by atoms with E-state index < -0.39 is 0 Å². The van der Waals surface area contributed by atoms with E-state index in [1.165, 1.54) is 0 Å². The first-order chi connectivity index (χ1) is 8.79. The second-order valence-corrected chi connectivity index (χ2v) is 4.67. The molecule has 1 saturated heterocycles. The van der Waals surface area contributed by atoms with Crippen molar-refractivity contribution >= 4 is 11.7 Å². The molecule has 1 aromatic rings. The Labute approximate surface area is 108 Å². The summed E-state index contributed by atoms with van der Waals surface area (Å²) in [6.45, 7) is 4.41. The second kappa shape index (κ2) is 6.38. The molecule has 2 rings (SSSR count). The van der Waals surface area contributed by atoms with Crippen molar-refractivity contribution < 1.29 is 4.79 Å². The largest absolute Gasteiger partial charge is 0.370 e. The molecule has 18 heavy (non-hydrogen) atoms. The zero-order valence-corrected chi connectivity index (χ0v) is 11.0. The van der Waals surface area contributed by atoms with Crippen LogP contribution in [0.5, 0.6) is 0 Å². The maximum absolute atomic E-state index is 11.9. The Hall–Kier alpha value is -1.58. The van der Waals surface area contributed by atoms with Gasteiger partial charge in [-0.2, -0.15) is 0 Å². The third-order valence-corrected chi connectivity index (χ3v) is 3.19. The summed E-state index contributed by atoms with van der Waals surface area (Å²) in [7, 11) is 0. The van der Waals surface area contributed by atoms with Gasteiger partial charge in [0.05, 0.1) is 12.2 Å². The van der Waals surface area contributed by atoms with E-state index in [1.807, 2.05) is 30.0 Å². The van der Waals surface area contributed by atoms with E-state index in [9.17, 15) is 4.79 Å². The van der Waals surface area contributed by atoms with Crippen LogP contribution in [0.2, 0.25) is 0 Å². The molecule has 2 heterocycles. The minimum atomic E-state index is 0.267. The van der Waals surface area contributed by atoms with Crippen molar-refractivity contribution in [2.24, 2.45) is 0 Å². The van der Waals surface area contributed by atoms with Gasteiger partial charge in [-0.1, -0.05) is 12.5 Å². The number of likely N-dealkylation sites (tertiary alicyclic amines) is 1. The van der Waals surface area contributed by atoms with E-state index >= 15 is 0 Å². The topological polar surface area (TPSA) is 45.2 Å². The molecule has 0 aliphatic carbocycles. The molecule has 4 nitrogen and oxygen atoms in total. The minimum absolute atomic E-state index is 0.267. The molecule has 0 spiro atoms. The molecular formula is C14H21N3O. The lowest BCUT2D eigenvalue weighted by molar-refractivity contribution is -0.131. The van der Waals surface area contributed by atoms with Gasteiger partial charge in [0.2, 0.25) is 5.91 Å². The first-order valence-corrected chi connectivity index (χ1v) is 6.77. The molecule has 1 aromatic heterocycles. The average Bonchev–Trinajstić information content (AvgIpc) is 2.56. The van der Waals surface area contributed by atoms with Gasteiger partial charge in [0.15, 0.2) is 0 Å². The third kappa shape index (κ3) is 3.45. The number of amides is 1. The minimum Gasteiger partial charge on any atom is -0.370 e. The summed E-state index contributed by atoms with van der Waals surface area (Å²) in [5, 5.41) is 3.19. The fraction of sp³-hybridized carbons (Fsp3) is 0.571. The molecule has 98 valence electrons. The van der Waals surface area contributed by atoms with Crippen molar-refractivity contribution in [2.75, 3.05) is 18.4 Å². The summed E-state index contributed by atoms with van der Waals surface area (Å²) in [4.78, 5) is 18.4. The van der Waals surface area contributed by atoms with Crippen LogP contribution < -0.4 is 5.32 Å². The standard InChI is InChI=1S/C14H21N3O/c1-2-15-13-8-6-7-12(16-13)11-17-10-5-3-4-9-14(17)18/h6-8H,2-5,9-11H2,1H3,(H,15,16). The number of aromatic nitrogens is 1. The number of anilines is 1. The van der Waals surface area contributed by atoms with Gasteiger partial charge in [0.25, 0.3) is 0 Å². The summed E-state index contributed by atoms with van der Waals surface area (Å²) >= 11 is 0. The summed E-state index contributed by atoms with van der Waals surface area (Å²) in [6.07, 6.45) is 3.98. The molecule has 0 bridgehead atoms. The average molecular weight is 247 g/mol. The number of pyridine rings is 1. The van der Waals surface area contributed by atoms with Crippen LogP contribution in [0.4, 0.5) is 5.82 Å². The van der Waals surface area contributed by atoms with Crippen molar-refractivity contribution in [3.8, 4) is 0 Å². The van der Waals surface area contributed by atoms with E-state index in [1.54, 1.807) is 0 Å². The van der Waals surface area contributed by atoms with Gasteiger partial charge in [-0.3, -0.25) is 4.79 Å². The fourth-order valence-corrected chi connectivity index (χ4v) is 2.25. The van der Waals surface area contributed by atoms with E-state index in [0.717, 1.165) is 43.9 Å². The summed E-state index contributed by atoms with van der Waals surface area (Å²) in [5.74, 6) is 1.15. The Balaban J connectivity index is 2.02. The number of hydrogen-bond donors (Lipinski definition) is 1. The Morgan fingerprint density at radius 3 is 3.06 bits per heavy atom. The first-order valence-electron chi connectivity index (χ1n) is 6.77. The second-order valence-electron chi connectivity index (χ2n) is 4.67. The van der Waals surface area contributed by atoms with Gasteiger partial charge >= 0.3 is 0 Å². The summed E-state index contributed by atoms with van der Waals surface area (Å²) < 4.78 is 0. The van der Waals surface area contributed by atoms with Crippen LogP contribution in [0.15, 0.2) is 18.2 Å². The Morgan fingerprint density at radius 1 is 1.33 bits per heavy atom. The summed E-state index contributed by atoms with van der Waals surface area (Å²) in [6, 6.07) is 5.93. The van der Waals surface area contributed by atoms with E-state index in [0.29, 0.717) is 13.0 Å². The maximum Gasteiger partial charge on any atom is 0.222 e. The molecule has 4 heteroatoms. The van der Waals surface area contributed by atoms with Crippen molar-refractivity contribution in [3.63, 3.8) is 0 Å². The van der Waals surface area contributed by atoms with Gasteiger partial charge in [0, 0.05) is 19.5 Å². The van der Waals surface area contributed by atoms with Gasteiger partial charge < -0.3 is 10.2 Å². The van der Waals surface area contributed by atoms with Crippen LogP contribution in [0, 0.1) is 0 Å². The van der Waals surface area contributed by atoms with Gasteiger partial charge in [-0.15, -0.1) is 0 Å². The molecule has 0 radical (unpaired) electrons. The lowest BCUT2D eigenvalue weighted by atomic mass is 10.2. The molecule has 0 unspecified atom stereocenters. The van der Waals surface area contributed by atoms with Crippen molar-refractivity contribution in [2.45, 2.75) is 39.2 Å². The smallest absolute Gasteiger partial charge is 0.222 e.